The summed E-state index contributed by atoms with van der Waals surface area (Å²) >= 11 is 15.1. The van der Waals surface area contributed by atoms with Crippen molar-refractivity contribution in [1.82, 2.24) is 5.43 Å². The number of hydrogen-bond donors (Lipinski definition) is 1. The Morgan fingerprint density at radius 1 is 1.03 bits per heavy atom. The molecule has 0 aliphatic heterocycles. The maximum absolute atomic E-state index is 12.2. The highest BCUT2D eigenvalue weighted by molar-refractivity contribution is 9.10. The second-order valence-corrected chi connectivity index (χ2v) is 7.89. The van der Waals surface area contributed by atoms with Gasteiger partial charge in [0.25, 0.3) is 5.91 Å². The van der Waals surface area contributed by atoms with Gasteiger partial charge in [0, 0.05) is 9.50 Å². The Labute approximate surface area is 196 Å². The molecule has 158 valence electrons. The van der Waals surface area contributed by atoms with E-state index in [4.69, 9.17) is 32.7 Å². The molecule has 0 saturated carbocycles. The van der Waals surface area contributed by atoms with Gasteiger partial charge in [0.15, 0.2) is 6.61 Å². The van der Waals surface area contributed by atoms with Gasteiger partial charge in [0.2, 0.25) is 0 Å². The molecule has 0 radical (unpaired) electrons. The van der Waals surface area contributed by atoms with Crippen LogP contribution in [-0.2, 0) is 4.79 Å². The Kier molecular flexibility index (Phi) is 8.06. The zero-order chi connectivity index (χ0) is 22.2. The zero-order valence-electron chi connectivity index (χ0n) is 15.8. The van der Waals surface area contributed by atoms with Crippen molar-refractivity contribution in [2.24, 2.45) is 5.10 Å². The minimum Gasteiger partial charge on any atom is -0.482 e. The number of rotatable bonds is 7. The molecule has 3 aromatic rings. The molecule has 1 N–H and O–H groups in total. The van der Waals surface area contributed by atoms with Gasteiger partial charge in [-0.25, -0.2) is 10.2 Å². The van der Waals surface area contributed by atoms with Crippen LogP contribution in [0.25, 0.3) is 0 Å². The lowest BCUT2D eigenvalue weighted by molar-refractivity contribution is -0.123. The molecule has 0 aromatic heterocycles. The lowest BCUT2D eigenvalue weighted by Crippen LogP contribution is -2.24. The number of nitrogens with zero attached hydrogens (tertiary/aromatic N) is 1. The first-order valence-corrected chi connectivity index (χ1v) is 10.4. The largest absolute Gasteiger partial charge is 0.482 e. The number of nitrogens with one attached hydrogen (secondary N) is 1. The molecule has 6 nitrogen and oxygen atoms in total. The third-order valence-electron chi connectivity index (χ3n) is 3.78. The Bertz CT molecular complexity index is 1140. The fraction of sp³-hybridized carbons (Fsp3) is 0.0455. The van der Waals surface area contributed by atoms with Crippen molar-refractivity contribution in [3.63, 3.8) is 0 Å². The van der Waals surface area contributed by atoms with Crippen LogP contribution in [0.3, 0.4) is 0 Å². The van der Waals surface area contributed by atoms with Crippen LogP contribution in [0.5, 0.6) is 11.5 Å². The van der Waals surface area contributed by atoms with E-state index in [0.29, 0.717) is 32.7 Å². The number of carbonyl (C=O) groups excluding carboxylic acids is 2. The summed E-state index contributed by atoms with van der Waals surface area (Å²) in [6, 6.07) is 18.3. The summed E-state index contributed by atoms with van der Waals surface area (Å²) < 4.78 is 11.5. The molecule has 0 aliphatic rings. The van der Waals surface area contributed by atoms with Gasteiger partial charge in [0.05, 0.1) is 16.8 Å². The number of esters is 1. The van der Waals surface area contributed by atoms with E-state index in [1.54, 1.807) is 54.6 Å². The van der Waals surface area contributed by atoms with Crippen LogP contribution in [-0.4, -0.2) is 24.7 Å². The maximum Gasteiger partial charge on any atom is 0.343 e. The summed E-state index contributed by atoms with van der Waals surface area (Å²) in [5, 5.41) is 4.65. The van der Waals surface area contributed by atoms with Crippen molar-refractivity contribution in [2.45, 2.75) is 0 Å². The molecule has 0 aliphatic carbocycles. The van der Waals surface area contributed by atoms with E-state index in [0.717, 1.165) is 4.47 Å². The first kappa shape index (κ1) is 22.8. The summed E-state index contributed by atoms with van der Waals surface area (Å²) in [4.78, 5) is 24.1. The highest BCUT2D eigenvalue weighted by Crippen LogP contribution is 2.27. The van der Waals surface area contributed by atoms with Crippen molar-refractivity contribution in [3.8, 4) is 11.5 Å². The van der Waals surface area contributed by atoms with Crippen LogP contribution in [0.15, 0.2) is 76.3 Å². The van der Waals surface area contributed by atoms with Gasteiger partial charge in [-0.1, -0.05) is 57.3 Å². The summed E-state index contributed by atoms with van der Waals surface area (Å²) in [7, 11) is 0. The highest BCUT2D eigenvalue weighted by Gasteiger charge is 2.09. The number of benzene rings is 3. The van der Waals surface area contributed by atoms with Gasteiger partial charge in [-0.3, -0.25) is 4.79 Å². The van der Waals surface area contributed by atoms with Gasteiger partial charge in [-0.15, -0.1) is 0 Å². The molecule has 0 saturated heterocycles. The second-order valence-electron chi connectivity index (χ2n) is 6.13. The van der Waals surface area contributed by atoms with Gasteiger partial charge < -0.3 is 9.47 Å². The topological polar surface area (TPSA) is 77.0 Å². The summed E-state index contributed by atoms with van der Waals surface area (Å²) in [6.45, 7) is -0.275. The lowest BCUT2D eigenvalue weighted by Gasteiger charge is -2.07. The Balaban J connectivity index is 1.52. The average molecular weight is 522 g/mol. The smallest absolute Gasteiger partial charge is 0.343 e. The molecule has 0 bridgehead atoms. The maximum atomic E-state index is 12.2. The number of carbonyl (C=O) groups is 2. The molecular weight excluding hydrogens is 507 g/mol. The predicted molar refractivity (Wildman–Crippen MR) is 123 cm³/mol. The van der Waals surface area contributed by atoms with E-state index in [9.17, 15) is 9.59 Å². The molecule has 9 heteroatoms. The van der Waals surface area contributed by atoms with E-state index in [2.05, 4.69) is 26.5 Å². The molecule has 1 amide bonds. The first-order chi connectivity index (χ1) is 14.9. The lowest BCUT2D eigenvalue weighted by atomic mass is 10.2. The van der Waals surface area contributed by atoms with Crippen LogP contribution >= 0.6 is 39.1 Å². The van der Waals surface area contributed by atoms with E-state index in [1.165, 1.54) is 12.3 Å². The third kappa shape index (κ3) is 7.10. The van der Waals surface area contributed by atoms with E-state index in [-0.39, 0.29) is 6.61 Å². The minimum atomic E-state index is -0.485. The van der Waals surface area contributed by atoms with Crippen LogP contribution in [0.4, 0.5) is 0 Å². The van der Waals surface area contributed by atoms with E-state index >= 15 is 0 Å². The van der Waals surface area contributed by atoms with Crippen LogP contribution in [0.1, 0.15) is 15.9 Å². The minimum absolute atomic E-state index is 0.275. The fourth-order valence-corrected chi connectivity index (χ4v) is 3.25. The van der Waals surface area contributed by atoms with Gasteiger partial charge >= 0.3 is 5.97 Å². The normalized spacial score (nSPS) is 10.7. The van der Waals surface area contributed by atoms with Crippen LogP contribution < -0.4 is 14.9 Å². The van der Waals surface area contributed by atoms with Crippen molar-refractivity contribution in [2.75, 3.05) is 6.61 Å². The average Bonchev–Trinajstić information content (AvgIpc) is 2.73. The standard InChI is InChI=1S/C22H15BrCl2N2O4/c23-16-5-2-4-15(10-16)22(29)31-18-6-1-3-14(9-18)12-26-27-21(28)13-30-20-8-7-17(24)11-19(20)25/h1-12H,13H2,(H,27,28). The fourth-order valence-electron chi connectivity index (χ4n) is 2.39. The SMILES string of the molecule is O=C(COc1ccc(Cl)cc1Cl)NN=Cc1cccc(OC(=O)c2cccc(Br)c2)c1. The Morgan fingerprint density at radius 3 is 2.61 bits per heavy atom. The molecule has 0 heterocycles. The molecule has 0 fully saturated rings. The number of halogens is 3. The molecule has 0 atom stereocenters. The molecule has 0 spiro atoms. The monoisotopic (exact) mass is 520 g/mol. The number of hydrogen-bond acceptors (Lipinski definition) is 5. The molecule has 0 unspecified atom stereocenters. The van der Waals surface area contributed by atoms with Crippen molar-refractivity contribution >= 4 is 57.2 Å². The second kappa shape index (κ2) is 10.9. The summed E-state index contributed by atoms with van der Waals surface area (Å²) in [5.41, 5.74) is 3.39. The van der Waals surface area contributed by atoms with Gasteiger partial charge in [0.1, 0.15) is 11.5 Å². The number of amides is 1. The quantitative estimate of drug-likeness (QED) is 0.192. The molecule has 3 rings (SSSR count). The third-order valence-corrected chi connectivity index (χ3v) is 4.81. The van der Waals surface area contributed by atoms with Crippen LogP contribution in [0, 0.1) is 0 Å². The van der Waals surface area contributed by atoms with Crippen LogP contribution in [0.2, 0.25) is 10.0 Å². The zero-order valence-corrected chi connectivity index (χ0v) is 18.9. The Morgan fingerprint density at radius 2 is 1.84 bits per heavy atom. The van der Waals surface area contributed by atoms with E-state index in [1.807, 2.05) is 6.07 Å². The van der Waals surface area contributed by atoms with Crippen molar-refractivity contribution in [3.05, 3.63) is 92.4 Å². The summed E-state index contributed by atoms with van der Waals surface area (Å²) in [6.07, 6.45) is 1.42. The predicted octanol–water partition coefficient (Wildman–Crippen LogP) is 5.50. The number of ether oxygens (including phenoxy) is 2. The molecule has 31 heavy (non-hydrogen) atoms. The summed E-state index contributed by atoms with van der Waals surface area (Å²) in [5.74, 6) is -0.271. The van der Waals surface area contributed by atoms with Crippen molar-refractivity contribution in [1.29, 1.82) is 0 Å². The van der Waals surface area contributed by atoms with Gasteiger partial charge in [-0.05, 0) is 54.1 Å². The van der Waals surface area contributed by atoms with Gasteiger partial charge in [-0.2, -0.15) is 5.10 Å². The van der Waals surface area contributed by atoms with E-state index < -0.39 is 11.9 Å². The highest BCUT2D eigenvalue weighted by atomic mass is 79.9. The van der Waals surface area contributed by atoms with Crippen molar-refractivity contribution < 1.29 is 19.1 Å². The number of hydrazone groups is 1. The molecule has 3 aromatic carbocycles. The first-order valence-electron chi connectivity index (χ1n) is 8.88. The Hall–Kier alpha value is -2.87. The molecular formula is C22H15BrCl2N2O4.